The molecule has 86 valence electrons. The van der Waals surface area contributed by atoms with Gasteiger partial charge in [-0.3, -0.25) is 0 Å². The van der Waals surface area contributed by atoms with E-state index in [9.17, 15) is 0 Å². The highest BCUT2D eigenvalue weighted by Gasteiger charge is 2.26. The topological polar surface area (TPSA) is 15.3 Å². The first-order valence-electron chi connectivity index (χ1n) is 5.80. The maximum Gasteiger partial charge on any atom is 0.0781 e. The summed E-state index contributed by atoms with van der Waals surface area (Å²) < 4.78 is 3.39. The van der Waals surface area contributed by atoms with E-state index in [0.717, 1.165) is 11.7 Å². The van der Waals surface area contributed by atoms with Gasteiger partial charge in [0, 0.05) is 16.0 Å². The summed E-state index contributed by atoms with van der Waals surface area (Å²) in [6, 6.07) is 6.87. The van der Waals surface area contributed by atoms with Crippen molar-refractivity contribution in [3.8, 4) is 0 Å². The molecule has 0 amide bonds. The molecule has 3 rings (SSSR count). The molecule has 1 fully saturated rings. The highest BCUT2D eigenvalue weighted by molar-refractivity contribution is 7.97. The molecule has 0 aromatic heterocycles. The van der Waals surface area contributed by atoms with Gasteiger partial charge in [-0.2, -0.15) is 0 Å². The van der Waals surface area contributed by atoms with Crippen LogP contribution >= 0.6 is 23.5 Å². The molecule has 1 N–H and O–H groups in total. The molecule has 0 atom stereocenters. The van der Waals surface area contributed by atoms with Gasteiger partial charge >= 0.3 is 0 Å². The third-order valence-corrected chi connectivity index (χ3v) is 4.49. The van der Waals surface area contributed by atoms with Gasteiger partial charge in [0.05, 0.1) is 12.4 Å². The lowest BCUT2D eigenvalue weighted by Gasteiger charge is -2.36. The first-order chi connectivity index (χ1) is 7.84. The molecule has 1 aromatic carbocycles. The number of nitrogens with one attached hydrogen (secondary N) is 1. The Morgan fingerprint density at radius 1 is 1.31 bits per heavy atom. The number of fused-ring (bicyclic) bond motifs is 1. The van der Waals surface area contributed by atoms with Crippen LogP contribution in [0.3, 0.4) is 0 Å². The Balaban J connectivity index is 1.94. The van der Waals surface area contributed by atoms with Crippen LogP contribution in [0.5, 0.6) is 0 Å². The minimum absolute atomic E-state index is 0.700. The minimum atomic E-state index is 0.700. The number of nitrogens with zero attached hydrogens (tertiary/aromatic N) is 1. The Bertz CT molecular complexity index is 391. The van der Waals surface area contributed by atoms with Crippen LogP contribution in [-0.4, -0.2) is 12.7 Å². The third kappa shape index (κ3) is 1.92. The van der Waals surface area contributed by atoms with E-state index < -0.39 is 0 Å². The van der Waals surface area contributed by atoms with E-state index in [1.54, 1.807) is 11.9 Å². The summed E-state index contributed by atoms with van der Waals surface area (Å²) in [5.41, 5.74) is 1.31. The van der Waals surface area contributed by atoms with E-state index in [0.29, 0.717) is 6.04 Å². The molecule has 0 radical (unpaired) electrons. The van der Waals surface area contributed by atoms with Crippen LogP contribution in [0.25, 0.3) is 0 Å². The molecule has 0 bridgehead atoms. The van der Waals surface area contributed by atoms with Crippen molar-refractivity contribution in [2.45, 2.75) is 36.6 Å². The van der Waals surface area contributed by atoms with Crippen molar-refractivity contribution in [2.24, 2.45) is 0 Å². The molecule has 0 saturated heterocycles. The normalized spacial score (nSPS) is 21.2. The number of hydrogen-bond acceptors (Lipinski definition) is 3. The SMILES string of the molecule is Clc1ccc2c(c1)N(C1CCCC1)CNS2. The molecule has 2 nitrogen and oxygen atoms in total. The summed E-state index contributed by atoms with van der Waals surface area (Å²) >= 11 is 7.80. The van der Waals surface area contributed by atoms with Gasteiger partial charge in [0.1, 0.15) is 0 Å². The largest absolute Gasteiger partial charge is 0.354 e. The average molecular weight is 255 g/mol. The van der Waals surface area contributed by atoms with Gasteiger partial charge in [0.2, 0.25) is 0 Å². The lowest BCUT2D eigenvalue weighted by Crippen LogP contribution is -2.41. The highest BCUT2D eigenvalue weighted by atomic mass is 35.5. The molecule has 1 saturated carbocycles. The van der Waals surface area contributed by atoms with Crippen LogP contribution in [0.2, 0.25) is 5.02 Å². The van der Waals surface area contributed by atoms with Crippen molar-refractivity contribution in [1.82, 2.24) is 4.72 Å². The summed E-state index contributed by atoms with van der Waals surface area (Å²) in [4.78, 5) is 3.77. The number of rotatable bonds is 1. The summed E-state index contributed by atoms with van der Waals surface area (Å²) in [7, 11) is 0. The standard InChI is InChI=1S/C12H15ClN2S/c13-9-5-6-12-11(7-9)15(8-14-16-12)10-3-1-2-4-10/h5-7,10,14H,1-4,8H2. The Hall–Kier alpha value is -0.380. The van der Waals surface area contributed by atoms with Gasteiger partial charge in [-0.15, -0.1) is 0 Å². The zero-order chi connectivity index (χ0) is 11.0. The van der Waals surface area contributed by atoms with Crippen molar-refractivity contribution in [1.29, 1.82) is 0 Å². The molecule has 16 heavy (non-hydrogen) atoms. The summed E-state index contributed by atoms with van der Waals surface area (Å²) in [5, 5.41) is 0.837. The second-order valence-electron chi connectivity index (χ2n) is 4.42. The van der Waals surface area contributed by atoms with Crippen LogP contribution in [0, 0.1) is 0 Å². The molecular formula is C12H15ClN2S. The van der Waals surface area contributed by atoms with Gasteiger partial charge in [0.25, 0.3) is 0 Å². The van der Waals surface area contributed by atoms with Gasteiger partial charge < -0.3 is 4.90 Å². The van der Waals surface area contributed by atoms with Crippen molar-refractivity contribution < 1.29 is 0 Å². The minimum Gasteiger partial charge on any atom is -0.354 e. The molecule has 1 aliphatic carbocycles. The van der Waals surface area contributed by atoms with Crippen LogP contribution in [0.4, 0.5) is 5.69 Å². The Morgan fingerprint density at radius 3 is 2.94 bits per heavy atom. The fraction of sp³-hybridized carbons (Fsp3) is 0.500. The second-order valence-corrected chi connectivity index (χ2v) is 5.79. The molecule has 1 aliphatic heterocycles. The van der Waals surface area contributed by atoms with Gasteiger partial charge in [0.15, 0.2) is 0 Å². The Morgan fingerprint density at radius 2 is 2.12 bits per heavy atom. The van der Waals surface area contributed by atoms with Gasteiger partial charge in [-0.05, 0) is 43.0 Å². The average Bonchev–Trinajstić information content (AvgIpc) is 2.81. The van der Waals surface area contributed by atoms with Crippen LogP contribution in [0.15, 0.2) is 23.1 Å². The third-order valence-electron chi connectivity index (χ3n) is 3.41. The number of anilines is 1. The zero-order valence-electron chi connectivity index (χ0n) is 9.08. The maximum absolute atomic E-state index is 6.09. The summed E-state index contributed by atoms with van der Waals surface area (Å²) in [5.74, 6) is 0. The predicted octanol–water partition coefficient (Wildman–Crippen LogP) is 3.66. The van der Waals surface area contributed by atoms with Crippen LogP contribution in [-0.2, 0) is 0 Å². The number of benzene rings is 1. The number of halogens is 1. The zero-order valence-corrected chi connectivity index (χ0v) is 10.7. The summed E-state index contributed by atoms with van der Waals surface area (Å²) in [6.07, 6.45) is 5.37. The Labute approximate surface area is 105 Å². The molecule has 2 aliphatic rings. The molecule has 0 unspecified atom stereocenters. The van der Waals surface area contributed by atoms with Crippen molar-refractivity contribution >= 4 is 29.2 Å². The van der Waals surface area contributed by atoms with Crippen LogP contribution < -0.4 is 9.62 Å². The Kier molecular flexibility index (Phi) is 3.01. The molecule has 0 spiro atoms. The van der Waals surface area contributed by atoms with E-state index in [-0.39, 0.29) is 0 Å². The van der Waals surface area contributed by atoms with E-state index in [2.05, 4.69) is 21.8 Å². The predicted molar refractivity (Wildman–Crippen MR) is 70.0 cm³/mol. The second kappa shape index (κ2) is 4.47. The van der Waals surface area contributed by atoms with Crippen molar-refractivity contribution in [3.63, 3.8) is 0 Å². The first-order valence-corrected chi connectivity index (χ1v) is 7.00. The molecule has 1 aromatic rings. The molecule has 4 heteroatoms. The van der Waals surface area contributed by atoms with Gasteiger partial charge in [-0.1, -0.05) is 24.4 Å². The quantitative estimate of drug-likeness (QED) is 0.770. The van der Waals surface area contributed by atoms with E-state index in [4.69, 9.17) is 11.6 Å². The first kappa shape index (κ1) is 10.8. The smallest absolute Gasteiger partial charge is 0.0781 e. The van der Waals surface area contributed by atoms with Crippen molar-refractivity contribution in [3.05, 3.63) is 23.2 Å². The van der Waals surface area contributed by atoms with Gasteiger partial charge in [-0.25, -0.2) is 4.72 Å². The monoisotopic (exact) mass is 254 g/mol. The van der Waals surface area contributed by atoms with E-state index in [1.807, 2.05) is 6.07 Å². The number of hydrogen-bond donors (Lipinski definition) is 1. The lowest BCUT2D eigenvalue weighted by atomic mass is 10.2. The van der Waals surface area contributed by atoms with Crippen molar-refractivity contribution in [2.75, 3.05) is 11.6 Å². The van der Waals surface area contributed by atoms with E-state index >= 15 is 0 Å². The fourth-order valence-corrected chi connectivity index (χ4v) is 3.55. The fourth-order valence-electron chi connectivity index (χ4n) is 2.61. The highest BCUT2D eigenvalue weighted by Crippen LogP contribution is 2.38. The lowest BCUT2D eigenvalue weighted by molar-refractivity contribution is 0.593. The maximum atomic E-state index is 6.09. The van der Waals surface area contributed by atoms with E-state index in [1.165, 1.54) is 36.3 Å². The molecular weight excluding hydrogens is 240 g/mol. The van der Waals surface area contributed by atoms with Crippen LogP contribution in [0.1, 0.15) is 25.7 Å². The summed E-state index contributed by atoms with van der Waals surface area (Å²) in [6.45, 7) is 0.933. The molecule has 1 heterocycles.